The van der Waals surface area contributed by atoms with Crippen LogP contribution in [0.1, 0.15) is 133 Å². The highest BCUT2D eigenvalue weighted by Crippen LogP contribution is 2.29. The molecule has 400 valence electrons. The van der Waals surface area contributed by atoms with Crippen molar-refractivity contribution in [2.75, 3.05) is 48.3 Å². The molecule has 0 aliphatic carbocycles. The van der Waals surface area contributed by atoms with Gasteiger partial charge < -0.3 is 57.9 Å². The summed E-state index contributed by atoms with van der Waals surface area (Å²) < 4.78 is 5.53. The van der Waals surface area contributed by atoms with Gasteiger partial charge in [0.1, 0.15) is 30.3 Å². The molecule has 2 aliphatic rings. The summed E-state index contributed by atoms with van der Waals surface area (Å²) in [5.74, 6) is -0.795. The first-order chi connectivity index (χ1) is 35.6. The average Bonchev–Trinajstić information content (AvgIpc) is 3.55. The Hall–Kier alpha value is -7.51. The summed E-state index contributed by atoms with van der Waals surface area (Å²) in [7, 11) is 0. The number of carbonyl (C=O) groups is 7. The van der Waals surface area contributed by atoms with Gasteiger partial charge in [0.2, 0.25) is 23.6 Å². The van der Waals surface area contributed by atoms with Gasteiger partial charge in [-0.25, -0.2) is 19.6 Å². The maximum Gasteiger partial charge on any atom is 0.407 e. The number of alkyl carbamates (subject to hydrolysis) is 1. The van der Waals surface area contributed by atoms with E-state index in [1.165, 1.54) is 0 Å². The van der Waals surface area contributed by atoms with Crippen LogP contribution in [0.15, 0.2) is 71.4 Å². The predicted octanol–water partition coefficient (Wildman–Crippen LogP) is 6.64. The number of benzene rings is 2. The number of amidine groups is 1. The molecule has 3 heterocycles. The number of aromatic nitrogens is 1. The number of carbonyl (C=O) groups excluding carboxylic acids is 7. The number of amides is 8. The molecular weight excluding hydrogens is 945 g/mol. The fraction of sp³-hybridized carbons (Fsp3) is 0.500. The average molecular weight is 1020 g/mol. The summed E-state index contributed by atoms with van der Waals surface area (Å²) >= 11 is 0. The van der Waals surface area contributed by atoms with Crippen molar-refractivity contribution in [2.45, 2.75) is 136 Å². The number of ether oxygens (including phenoxy) is 1. The van der Waals surface area contributed by atoms with Gasteiger partial charge in [0.25, 0.3) is 5.91 Å². The molecule has 2 unspecified atom stereocenters. The maximum absolute atomic E-state index is 13.5. The number of nitrogens with one attached hydrogen (secondary N) is 6. The van der Waals surface area contributed by atoms with Crippen LogP contribution in [-0.4, -0.2) is 108 Å². The number of anilines is 3. The first kappa shape index (κ1) is 57.4. The van der Waals surface area contributed by atoms with Crippen LogP contribution in [-0.2, 0) is 30.5 Å². The molecule has 2 aliphatic heterocycles. The molecule has 20 nitrogen and oxygen atoms in total. The van der Waals surface area contributed by atoms with E-state index in [1.54, 1.807) is 54.7 Å². The molecule has 0 saturated carbocycles. The van der Waals surface area contributed by atoms with Crippen LogP contribution in [0.2, 0.25) is 0 Å². The molecule has 5 rings (SSSR count). The molecular formula is C54H76N12O8. The topological polar surface area (TPSA) is 285 Å². The number of fused-ring (bicyclic) bond motifs is 1. The van der Waals surface area contributed by atoms with Crippen molar-refractivity contribution < 1.29 is 38.3 Å². The number of nitrogens with two attached hydrogens (primary N) is 2. The van der Waals surface area contributed by atoms with E-state index in [1.807, 2.05) is 44.7 Å². The van der Waals surface area contributed by atoms with Crippen molar-refractivity contribution in [3.8, 4) is 0 Å². The van der Waals surface area contributed by atoms with E-state index in [0.717, 1.165) is 44.3 Å². The Balaban J connectivity index is 1.06. The molecule has 2 aromatic carbocycles. The van der Waals surface area contributed by atoms with E-state index < -0.39 is 36.0 Å². The maximum atomic E-state index is 13.5. The minimum atomic E-state index is -0.981. The number of rotatable bonds is 26. The Morgan fingerprint density at radius 1 is 0.824 bits per heavy atom. The number of hydrogen-bond donors (Lipinski definition) is 8. The highest BCUT2D eigenvalue weighted by molar-refractivity contribution is 6.08. The van der Waals surface area contributed by atoms with Crippen molar-refractivity contribution in [3.63, 3.8) is 0 Å². The van der Waals surface area contributed by atoms with Crippen LogP contribution in [0.25, 0.3) is 6.08 Å². The Kier molecular flexibility index (Phi) is 22.7. The third kappa shape index (κ3) is 18.2. The minimum Gasteiger partial charge on any atom is -0.445 e. The molecule has 74 heavy (non-hydrogen) atoms. The SMILES string of the molecule is CCCCCCC(=O)NC(C(=O)NC(CCCNC(N)=O)C(=O)Nc1ccc(COC(=O)NC2CCN(c3ccc(NC(=O)c4ccc5c(c4)N=C(N)CC(C(=O)N(CCC)CCC)=C5)cn3)CC2)cc1)C(C)C. The van der Waals surface area contributed by atoms with E-state index in [-0.39, 0.29) is 55.7 Å². The minimum absolute atomic E-state index is 0.00902. The number of primary amides is 1. The van der Waals surface area contributed by atoms with Crippen molar-refractivity contribution in [1.82, 2.24) is 31.2 Å². The van der Waals surface area contributed by atoms with Crippen LogP contribution in [0, 0.1) is 5.92 Å². The van der Waals surface area contributed by atoms with E-state index in [2.05, 4.69) is 53.7 Å². The zero-order valence-corrected chi connectivity index (χ0v) is 43.6. The van der Waals surface area contributed by atoms with Gasteiger partial charge in [0, 0.05) is 74.0 Å². The van der Waals surface area contributed by atoms with Gasteiger partial charge in [0.05, 0.1) is 17.6 Å². The van der Waals surface area contributed by atoms with Crippen molar-refractivity contribution >= 4 is 76.5 Å². The quantitative estimate of drug-likeness (QED) is 0.0395. The van der Waals surface area contributed by atoms with E-state index in [9.17, 15) is 33.6 Å². The zero-order valence-electron chi connectivity index (χ0n) is 43.6. The lowest BCUT2D eigenvalue weighted by atomic mass is 10.0. The smallest absolute Gasteiger partial charge is 0.407 e. The van der Waals surface area contributed by atoms with Crippen molar-refractivity contribution in [1.29, 1.82) is 0 Å². The van der Waals surface area contributed by atoms with Gasteiger partial charge >= 0.3 is 12.1 Å². The lowest BCUT2D eigenvalue weighted by Crippen LogP contribution is -2.54. The molecule has 8 amide bonds. The van der Waals surface area contributed by atoms with Gasteiger partial charge in [-0.1, -0.05) is 72.1 Å². The summed E-state index contributed by atoms with van der Waals surface area (Å²) in [6.45, 7) is 12.6. The van der Waals surface area contributed by atoms with Gasteiger partial charge in [-0.05, 0) is 98.9 Å². The molecule has 1 aromatic heterocycles. The number of unbranched alkanes of at least 4 members (excludes halogenated alkanes) is 3. The normalized spacial score (nSPS) is 14.2. The van der Waals surface area contributed by atoms with E-state index in [4.69, 9.17) is 16.2 Å². The molecule has 0 bridgehead atoms. The second kappa shape index (κ2) is 29.3. The molecule has 20 heteroatoms. The number of nitrogens with zero attached hydrogens (tertiary/aromatic N) is 4. The zero-order chi connectivity index (χ0) is 53.6. The second-order valence-corrected chi connectivity index (χ2v) is 19.1. The van der Waals surface area contributed by atoms with Crippen LogP contribution in [0.3, 0.4) is 0 Å². The number of piperidine rings is 1. The third-order valence-electron chi connectivity index (χ3n) is 12.7. The Labute approximate surface area is 434 Å². The molecule has 1 saturated heterocycles. The lowest BCUT2D eigenvalue weighted by molar-refractivity contribution is -0.132. The molecule has 2 atom stereocenters. The Morgan fingerprint density at radius 2 is 1.54 bits per heavy atom. The van der Waals surface area contributed by atoms with Gasteiger partial charge in [-0.3, -0.25) is 24.0 Å². The van der Waals surface area contributed by atoms with Crippen molar-refractivity contribution in [2.24, 2.45) is 22.4 Å². The Morgan fingerprint density at radius 3 is 2.19 bits per heavy atom. The van der Waals surface area contributed by atoms with E-state index >= 15 is 0 Å². The molecule has 0 spiro atoms. The fourth-order valence-corrected chi connectivity index (χ4v) is 8.64. The highest BCUT2D eigenvalue weighted by atomic mass is 16.5. The third-order valence-corrected chi connectivity index (χ3v) is 12.7. The standard InChI is InChI=1S/C54H76N12O8/c1-6-9-10-11-14-47(67)64-48(35(4)5)51(70)63-43(13-12-25-57-53(56)72)50(69)59-40-19-15-36(16-20-40)34-74-54(73)61-41-23-28-65(29-24-41)46-22-21-42(33-58-46)60-49(68)38-18-17-37-30-39(32-45(55)62-44(37)31-38)52(71)66(26-7-2)27-8-3/h15-22,30-31,33,35,41,43,48H,6-14,23-29,32,34H2,1-5H3,(H2,55,62)(H,59,69)(H,60,68)(H,61,73)(H,63,70)(H,64,67)(H3,56,57,72). The largest absolute Gasteiger partial charge is 0.445 e. The summed E-state index contributed by atoms with van der Waals surface area (Å²) in [4.78, 5) is 104. The molecule has 1 fully saturated rings. The van der Waals surface area contributed by atoms with Gasteiger partial charge in [-0.15, -0.1) is 0 Å². The van der Waals surface area contributed by atoms with Crippen LogP contribution in [0.5, 0.6) is 0 Å². The first-order valence-electron chi connectivity index (χ1n) is 26.0. The molecule has 10 N–H and O–H groups in total. The van der Waals surface area contributed by atoms with Crippen LogP contribution in [0.4, 0.5) is 32.5 Å². The van der Waals surface area contributed by atoms with Crippen molar-refractivity contribution in [3.05, 3.63) is 83.1 Å². The fourth-order valence-electron chi connectivity index (χ4n) is 8.64. The van der Waals surface area contributed by atoms with Crippen LogP contribution < -0.4 is 48.3 Å². The summed E-state index contributed by atoms with van der Waals surface area (Å²) in [5.41, 5.74) is 15.3. The van der Waals surface area contributed by atoms with E-state index in [0.29, 0.717) is 97.0 Å². The summed E-state index contributed by atoms with van der Waals surface area (Å²) in [6.07, 6.45) is 10.7. The number of aliphatic imine (C=N–C) groups is 1. The summed E-state index contributed by atoms with van der Waals surface area (Å²) in [5, 5.41) is 16.8. The monoisotopic (exact) mass is 1020 g/mol. The Bertz CT molecular complexity index is 2450. The van der Waals surface area contributed by atoms with Gasteiger partial charge in [0.15, 0.2) is 0 Å². The second-order valence-electron chi connectivity index (χ2n) is 19.1. The summed E-state index contributed by atoms with van der Waals surface area (Å²) in [6, 6.07) is 12.9. The first-order valence-corrected chi connectivity index (χ1v) is 26.0. The number of pyridine rings is 1. The van der Waals surface area contributed by atoms with Crippen LogP contribution >= 0.6 is 0 Å². The highest BCUT2D eigenvalue weighted by Gasteiger charge is 2.29. The molecule has 3 aromatic rings. The number of urea groups is 1. The van der Waals surface area contributed by atoms with Gasteiger partial charge in [-0.2, -0.15) is 0 Å². The number of hydrogen-bond acceptors (Lipinski definition) is 12. The lowest BCUT2D eigenvalue weighted by Gasteiger charge is -2.33. The predicted molar refractivity (Wildman–Crippen MR) is 288 cm³/mol. The molecule has 0 radical (unpaired) electrons.